The average molecular weight is 334 g/mol. The lowest BCUT2D eigenvalue weighted by Gasteiger charge is -2.00. The van der Waals surface area contributed by atoms with Gasteiger partial charge in [0.15, 0.2) is 0 Å². The summed E-state index contributed by atoms with van der Waals surface area (Å²) in [5.41, 5.74) is 2.70. The van der Waals surface area contributed by atoms with Gasteiger partial charge >= 0.3 is 6.09 Å². The molecule has 6 heteroatoms. The third kappa shape index (κ3) is 4.05. The van der Waals surface area contributed by atoms with Crippen LogP contribution in [0.5, 0.6) is 5.75 Å². The number of nitrogens with zero attached hydrogens (tertiary/aromatic N) is 1. The van der Waals surface area contributed by atoms with E-state index in [0.29, 0.717) is 5.56 Å². The van der Waals surface area contributed by atoms with Crippen molar-refractivity contribution in [2.24, 2.45) is 5.10 Å². The summed E-state index contributed by atoms with van der Waals surface area (Å²) in [6.45, 7) is 1.99. The highest BCUT2D eigenvalue weighted by molar-refractivity contribution is 14.1. The number of benzene rings is 1. The quantitative estimate of drug-likeness (QED) is 0.505. The zero-order valence-electron chi connectivity index (χ0n) is 8.61. The average Bonchev–Trinajstić information content (AvgIpc) is 2.23. The summed E-state index contributed by atoms with van der Waals surface area (Å²) in [6.07, 6.45) is 0.734. The number of ether oxygens (including phenoxy) is 1. The Kier molecular flexibility index (Phi) is 5.03. The molecule has 1 rings (SSSR count). The van der Waals surface area contributed by atoms with Crippen molar-refractivity contribution in [2.45, 2.75) is 6.92 Å². The SMILES string of the molecule is CCOC(=O)N/N=C\c1cc(I)ccc1O. The Balaban J connectivity index is 2.62. The van der Waals surface area contributed by atoms with E-state index in [-0.39, 0.29) is 12.4 Å². The summed E-state index contributed by atoms with van der Waals surface area (Å²) in [4.78, 5) is 10.9. The van der Waals surface area contributed by atoms with Gasteiger partial charge < -0.3 is 9.84 Å². The van der Waals surface area contributed by atoms with Crippen LogP contribution in [-0.4, -0.2) is 24.0 Å². The van der Waals surface area contributed by atoms with Crippen LogP contribution in [0.3, 0.4) is 0 Å². The maximum atomic E-state index is 10.9. The van der Waals surface area contributed by atoms with E-state index in [2.05, 4.69) is 37.9 Å². The van der Waals surface area contributed by atoms with Crippen molar-refractivity contribution < 1.29 is 14.6 Å². The fourth-order valence-electron chi connectivity index (χ4n) is 0.947. The van der Waals surface area contributed by atoms with Crippen molar-refractivity contribution in [1.82, 2.24) is 5.43 Å². The maximum Gasteiger partial charge on any atom is 0.427 e. The fraction of sp³-hybridized carbons (Fsp3) is 0.200. The molecule has 0 unspecified atom stereocenters. The zero-order chi connectivity index (χ0) is 12.0. The van der Waals surface area contributed by atoms with Crippen LogP contribution in [0, 0.1) is 3.57 Å². The van der Waals surface area contributed by atoms with Crippen molar-refractivity contribution in [3.8, 4) is 5.75 Å². The normalized spacial score (nSPS) is 10.4. The molecule has 0 aliphatic rings. The number of amides is 1. The first kappa shape index (κ1) is 12.8. The Labute approximate surface area is 107 Å². The zero-order valence-corrected chi connectivity index (χ0v) is 10.8. The Bertz CT molecular complexity index is 407. The Morgan fingerprint density at radius 3 is 3.12 bits per heavy atom. The highest BCUT2D eigenvalue weighted by Gasteiger charge is 1.99. The van der Waals surface area contributed by atoms with E-state index >= 15 is 0 Å². The standard InChI is InChI=1S/C10H11IN2O3/c1-2-16-10(15)13-12-6-7-5-8(11)3-4-9(7)14/h3-6,14H,2H2,1H3,(H,13,15)/b12-6-. The van der Waals surface area contributed by atoms with Gasteiger partial charge in [0, 0.05) is 9.13 Å². The highest BCUT2D eigenvalue weighted by atomic mass is 127. The summed E-state index contributed by atoms with van der Waals surface area (Å²) < 4.78 is 5.57. The molecule has 1 amide bonds. The third-order valence-electron chi connectivity index (χ3n) is 1.62. The summed E-state index contributed by atoms with van der Waals surface area (Å²) in [5, 5.41) is 13.1. The first-order valence-electron chi connectivity index (χ1n) is 4.58. The van der Waals surface area contributed by atoms with Gasteiger partial charge in [0.2, 0.25) is 0 Å². The van der Waals surface area contributed by atoms with Gasteiger partial charge in [0.25, 0.3) is 0 Å². The van der Waals surface area contributed by atoms with E-state index in [1.807, 2.05) is 0 Å². The predicted octanol–water partition coefficient (Wildman–Crippen LogP) is 2.08. The number of carbonyl (C=O) groups is 1. The molecule has 1 aromatic rings. The van der Waals surface area contributed by atoms with Crippen LogP contribution >= 0.6 is 22.6 Å². The molecule has 2 N–H and O–H groups in total. The topological polar surface area (TPSA) is 70.9 Å². The van der Waals surface area contributed by atoms with Crippen LogP contribution in [0.25, 0.3) is 0 Å². The lowest BCUT2D eigenvalue weighted by Crippen LogP contribution is -2.18. The van der Waals surface area contributed by atoms with Gasteiger partial charge in [-0.2, -0.15) is 5.10 Å². The summed E-state index contributed by atoms with van der Waals surface area (Å²) in [7, 11) is 0. The number of aromatic hydroxyl groups is 1. The molecule has 1 aromatic carbocycles. The lowest BCUT2D eigenvalue weighted by molar-refractivity contribution is 0.152. The Morgan fingerprint density at radius 2 is 2.44 bits per heavy atom. The molecule has 16 heavy (non-hydrogen) atoms. The molecular formula is C10H11IN2O3. The number of nitrogens with one attached hydrogen (secondary N) is 1. The van der Waals surface area contributed by atoms with Crippen molar-refractivity contribution in [3.05, 3.63) is 27.3 Å². The van der Waals surface area contributed by atoms with E-state index < -0.39 is 6.09 Å². The molecule has 0 aliphatic heterocycles. The third-order valence-corrected chi connectivity index (χ3v) is 2.30. The molecule has 0 fully saturated rings. The second kappa shape index (κ2) is 6.31. The van der Waals surface area contributed by atoms with Crippen molar-refractivity contribution in [2.75, 3.05) is 6.61 Å². The Hall–Kier alpha value is -1.31. The number of rotatable bonds is 3. The maximum absolute atomic E-state index is 10.9. The van der Waals surface area contributed by atoms with Crippen LogP contribution in [0.1, 0.15) is 12.5 Å². The first-order chi connectivity index (χ1) is 7.63. The number of halogens is 1. The lowest BCUT2D eigenvalue weighted by atomic mass is 10.2. The number of phenolic OH excluding ortho intramolecular Hbond substituents is 1. The largest absolute Gasteiger partial charge is 0.507 e. The van der Waals surface area contributed by atoms with E-state index in [4.69, 9.17) is 0 Å². The number of phenols is 1. The minimum absolute atomic E-state index is 0.106. The second-order valence-electron chi connectivity index (χ2n) is 2.79. The van der Waals surface area contributed by atoms with Crippen molar-refractivity contribution >= 4 is 34.9 Å². The molecular weight excluding hydrogens is 323 g/mol. The predicted molar refractivity (Wildman–Crippen MR) is 68.6 cm³/mol. The van der Waals surface area contributed by atoms with E-state index in [9.17, 15) is 9.90 Å². The molecule has 0 atom stereocenters. The van der Waals surface area contributed by atoms with Gasteiger partial charge in [-0.05, 0) is 47.7 Å². The number of hydrazone groups is 1. The number of hydrogen-bond donors (Lipinski definition) is 2. The van der Waals surface area contributed by atoms with Gasteiger partial charge in [-0.15, -0.1) is 0 Å². The molecule has 0 heterocycles. The Morgan fingerprint density at radius 1 is 1.69 bits per heavy atom. The molecule has 0 radical (unpaired) electrons. The van der Waals surface area contributed by atoms with Gasteiger partial charge in [0.1, 0.15) is 5.75 Å². The van der Waals surface area contributed by atoms with Gasteiger partial charge in [-0.3, -0.25) is 0 Å². The van der Waals surface area contributed by atoms with Crippen LogP contribution in [0.15, 0.2) is 23.3 Å². The minimum atomic E-state index is -0.621. The van der Waals surface area contributed by atoms with Crippen LogP contribution in [0.4, 0.5) is 4.79 Å². The molecule has 0 spiro atoms. The van der Waals surface area contributed by atoms with Gasteiger partial charge in [-0.25, -0.2) is 10.2 Å². The molecule has 0 bridgehead atoms. The van der Waals surface area contributed by atoms with Gasteiger partial charge in [0.05, 0.1) is 12.8 Å². The monoisotopic (exact) mass is 334 g/mol. The van der Waals surface area contributed by atoms with Crippen LogP contribution < -0.4 is 5.43 Å². The van der Waals surface area contributed by atoms with Crippen molar-refractivity contribution in [1.29, 1.82) is 0 Å². The van der Waals surface area contributed by atoms with Crippen LogP contribution in [-0.2, 0) is 4.74 Å². The second-order valence-corrected chi connectivity index (χ2v) is 4.04. The smallest absolute Gasteiger partial charge is 0.427 e. The molecule has 0 aliphatic carbocycles. The fourth-order valence-corrected chi connectivity index (χ4v) is 1.46. The van der Waals surface area contributed by atoms with E-state index in [0.717, 1.165) is 3.57 Å². The van der Waals surface area contributed by atoms with E-state index in [1.54, 1.807) is 25.1 Å². The molecule has 0 saturated carbocycles. The van der Waals surface area contributed by atoms with Gasteiger partial charge in [-0.1, -0.05) is 0 Å². The molecule has 0 saturated heterocycles. The minimum Gasteiger partial charge on any atom is -0.507 e. The van der Waals surface area contributed by atoms with Crippen molar-refractivity contribution in [3.63, 3.8) is 0 Å². The molecule has 5 nitrogen and oxygen atoms in total. The number of hydrogen-bond acceptors (Lipinski definition) is 4. The summed E-state index contributed by atoms with van der Waals surface area (Å²) in [5.74, 6) is 0.106. The van der Waals surface area contributed by atoms with E-state index in [1.165, 1.54) is 6.21 Å². The van der Waals surface area contributed by atoms with Crippen LogP contribution in [0.2, 0.25) is 0 Å². The number of carbonyl (C=O) groups excluding carboxylic acids is 1. The summed E-state index contributed by atoms with van der Waals surface area (Å²) in [6, 6.07) is 5.08. The summed E-state index contributed by atoms with van der Waals surface area (Å²) >= 11 is 2.12. The highest BCUT2D eigenvalue weighted by Crippen LogP contribution is 2.17. The molecule has 0 aromatic heterocycles. The molecule has 86 valence electrons. The first-order valence-corrected chi connectivity index (χ1v) is 5.65.